The molecule has 2 aliphatic rings. The summed E-state index contributed by atoms with van der Waals surface area (Å²) in [6.45, 7) is 8.85. The maximum Gasteiger partial charge on any atom is 0.276 e. The molecule has 0 radical (unpaired) electrons. The van der Waals surface area contributed by atoms with Crippen molar-refractivity contribution in [3.05, 3.63) is 52.1 Å². The van der Waals surface area contributed by atoms with Crippen LogP contribution in [0, 0.1) is 20.8 Å². The van der Waals surface area contributed by atoms with Gasteiger partial charge in [-0.15, -0.1) is 0 Å². The van der Waals surface area contributed by atoms with E-state index in [4.69, 9.17) is 9.47 Å². The molecule has 0 spiro atoms. The number of phenolic OH excluding ortho intramolecular Hbond substituents is 1. The van der Waals surface area contributed by atoms with Gasteiger partial charge in [-0.05, 0) is 74.9 Å². The third-order valence-electron chi connectivity index (χ3n) is 6.10. The van der Waals surface area contributed by atoms with Crippen LogP contribution in [0.25, 0.3) is 0 Å². The molecular weight excluding hydrogens is 412 g/mol. The Labute approximate surface area is 187 Å². The van der Waals surface area contributed by atoms with Crippen molar-refractivity contribution in [1.82, 2.24) is 5.32 Å². The van der Waals surface area contributed by atoms with Gasteiger partial charge >= 0.3 is 0 Å². The van der Waals surface area contributed by atoms with E-state index in [1.54, 1.807) is 0 Å². The molecule has 1 fully saturated rings. The van der Waals surface area contributed by atoms with Gasteiger partial charge in [0.05, 0.1) is 12.4 Å². The Bertz CT molecular complexity index is 1050. The van der Waals surface area contributed by atoms with Crippen LogP contribution in [0.2, 0.25) is 0 Å². The average molecular weight is 441 g/mol. The van der Waals surface area contributed by atoms with Crippen LogP contribution < -0.4 is 14.8 Å². The number of carbonyl (C=O) groups excluding carboxylic acids is 1. The standard InChI is InChI=1S/C24H28N2O4S/c1-14-15(2)21-19(16(3)20(14)27)9-10-24(4,30-21)12-29-18-7-5-17(6-8-18)11-25-23-22(28)26-13-31-23/h5-8,27H,9-13H2,1-4H3,(H,26,28). The topological polar surface area (TPSA) is 80.2 Å². The molecular formula is C24H28N2O4S. The molecule has 0 saturated carbocycles. The summed E-state index contributed by atoms with van der Waals surface area (Å²) in [5.41, 5.74) is 4.45. The molecule has 0 aromatic heterocycles. The number of thioether (sulfide) groups is 1. The molecule has 1 atom stereocenters. The third kappa shape index (κ3) is 4.37. The molecule has 2 heterocycles. The molecule has 7 heteroatoms. The normalized spacial score (nSPS) is 21.5. The summed E-state index contributed by atoms with van der Waals surface area (Å²) in [5, 5.41) is 13.6. The van der Waals surface area contributed by atoms with Gasteiger partial charge in [0.25, 0.3) is 5.91 Å². The van der Waals surface area contributed by atoms with E-state index < -0.39 is 5.60 Å². The fourth-order valence-electron chi connectivity index (χ4n) is 3.92. The van der Waals surface area contributed by atoms with Crippen LogP contribution in [0.4, 0.5) is 0 Å². The van der Waals surface area contributed by atoms with E-state index in [9.17, 15) is 9.90 Å². The number of aromatic hydroxyl groups is 1. The lowest BCUT2D eigenvalue weighted by Crippen LogP contribution is -2.42. The first-order valence-electron chi connectivity index (χ1n) is 10.5. The lowest BCUT2D eigenvalue weighted by molar-refractivity contribution is -0.113. The zero-order valence-corrected chi connectivity index (χ0v) is 19.2. The summed E-state index contributed by atoms with van der Waals surface area (Å²) in [6, 6.07) is 7.79. The summed E-state index contributed by atoms with van der Waals surface area (Å²) < 4.78 is 12.5. The molecule has 31 heavy (non-hydrogen) atoms. The van der Waals surface area contributed by atoms with Crippen molar-refractivity contribution in [3.8, 4) is 17.2 Å². The highest BCUT2D eigenvalue weighted by Crippen LogP contribution is 2.43. The number of nitrogens with zero attached hydrogens (tertiary/aromatic N) is 1. The highest BCUT2D eigenvalue weighted by Gasteiger charge is 2.35. The lowest BCUT2D eigenvalue weighted by atomic mass is 9.87. The SMILES string of the molecule is Cc1c(C)c2c(c(C)c1O)CCC(C)(COc1ccc(CN=C3SCNC3=O)cc1)O2. The van der Waals surface area contributed by atoms with E-state index in [-0.39, 0.29) is 5.91 Å². The van der Waals surface area contributed by atoms with E-state index in [0.717, 1.165) is 52.2 Å². The molecule has 1 saturated heterocycles. The first-order valence-corrected chi connectivity index (χ1v) is 11.4. The maximum absolute atomic E-state index is 11.6. The average Bonchev–Trinajstić information content (AvgIpc) is 3.19. The van der Waals surface area contributed by atoms with Crippen LogP contribution in [-0.2, 0) is 17.8 Å². The predicted octanol–water partition coefficient (Wildman–Crippen LogP) is 4.20. The van der Waals surface area contributed by atoms with E-state index >= 15 is 0 Å². The Morgan fingerprint density at radius 1 is 1.19 bits per heavy atom. The number of carbonyl (C=O) groups is 1. The van der Waals surface area contributed by atoms with Crippen molar-refractivity contribution in [2.24, 2.45) is 4.99 Å². The molecule has 0 bridgehead atoms. The third-order valence-corrected chi connectivity index (χ3v) is 6.98. The van der Waals surface area contributed by atoms with Gasteiger partial charge in [0, 0.05) is 5.56 Å². The predicted molar refractivity (Wildman–Crippen MR) is 123 cm³/mol. The molecule has 1 unspecified atom stereocenters. The molecule has 2 aromatic carbocycles. The van der Waals surface area contributed by atoms with Gasteiger partial charge in [0.15, 0.2) is 5.04 Å². The lowest BCUT2D eigenvalue weighted by Gasteiger charge is -2.37. The van der Waals surface area contributed by atoms with Crippen molar-refractivity contribution >= 4 is 22.7 Å². The summed E-state index contributed by atoms with van der Waals surface area (Å²) in [5.74, 6) is 2.53. The second-order valence-corrected chi connectivity index (χ2v) is 9.40. The van der Waals surface area contributed by atoms with Crippen molar-refractivity contribution in [3.63, 3.8) is 0 Å². The Morgan fingerprint density at radius 3 is 2.61 bits per heavy atom. The summed E-state index contributed by atoms with van der Waals surface area (Å²) >= 11 is 1.43. The van der Waals surface area contributed by atoms with Crippen LogP contribution in [-0.4, -0.2) is 34.1 Å². The largest absolute Gasteiger partial charge is 0.507 e. The summed E-state index contributed by atoms with van der Waals surface area (Å²) in [4.78, 5) is 15.9. The van der Waals surface area contributed by atoms with Crippen LogP contribution in [0.15, 0.2) is 29.3 Å². The molecule has 2 aromatic rings. The molecule has 2 N–H and O–H groups in total. The molecule has 164 valence electrons. The highest BCUT2D eigenvalue weighted by atomic mass is 32.2. The minimum Gasteiger partial charge on any atom is -0.507 e. The molecule has 2 aliphatic heterocycles. The number of benzene rings is 2. The first-order chi connectivity index (χ1) is 14.8. The number of nitrogens with one attached hydrogen (secondary N) is 1. The minimum absolute atomic E-state index is 0.0944. The van der Waals surface area contributed by atoms with Crippen LogP contribution >= 0.6 is 11.8 Å². The second kappa shape index (κ2) is 8.46. The van der Waals surface area contributed by atoms with E-state index in [2.05, 4.69) is 17.2 Å². The number of rotatable bonds is 5. The zero-order valence-electron chi connectivity index (χ0n) is 18.4. The molecule has 4 rings (SSSR count). The molecule has 1 amide bonds. The second-order valence-electron chi connectivity index (χ2n) is 8.43. The maximum atomic E-state index is 11.6. The van der Waals surface area contributed by atoms with Gasteiger partial charge in [0.1, 0.15) is 29.5 Å². The van der Waals surface area contributed by atoms with Crippen molar-refractivity contribution in [2.45, 2.75) is 52.7 Å². The van der Waals surface area contributed by atoms with Crippen molar-refractivity contribution < 1.29 is 19.4 Å². The monoisotopic (exact) mass is 440 g/mol. The van der Waals surface area contributed by atoms with Gasteiger partial charge in [-0.3, -0.25) is 9.79 Å². The number of fused-ring (bicyclic) bond motifs is 1. The summed E-state index contributed by atoms with van der Waals surface area (Å²) in [6.07, 6.45) is 1.67. The number of hydrogen-bond donors (Lipinski definition) is 2. The number of amides is 1. The smallest absolute Gasteiger partial charge is 0.276 e. The van der Waals surface area contributed by atoms with Crippen LogP contribution in [0.1, 0.15) is 41.2 Å². The Hall–Kier alpha value is -2.67. The fourth-order valence-corrected chi connectivity index (χ4v) is 4.61. The number of ether oxygens (including phenoxy) is 2. The Kier molecular flexibility index (Phi) is 5.88. The molecule has 0 aliphatic carbocycles. The minimum atomic E-state index is -0.439. The van der Waals surface area contributed by atoms with Gasteiger partial charge in [-0.25, -0.2) is 0 Å². The zero-order chi connectivity index (χ0) is 22.2. The number of hydrogen-bond acceptors (Lipinski definition) is 6. The van der Waals surface area contributed by atoms with Crippen molar-refractivity contribution in [2.75, 3.05) is 12.5 Å². The quantitative estimate of drug-likeness (QED) is 0.728. The Morgan fingerprint density at radius 2 is 1.94 bits per heavy atom. The number of aliphatic imine (C=N–C) groups is 1. The van der Waals surface area contributed by atoms with Gasteiger partial charge < -0.3 is 19.9 Å². The van der Waals surface area contributed by atoms with Crippen LogP contribution in [0.3, 0.4) is 0 Å². The van der Waals surface area contributed by atoms with Gasteiger partial charge in [-0.2, -0.15) is 0 Å². The fraction of sp³-hybridized carbons (Fsp3) is 0.417. The molecule has 6 nitrogen and oxygen atoms in total. The van der Waals surface area contributed by atoms with E-state index in [1.165, 1.54) is 11.8 Å². The summed E-state index contributed by atoms with van der Waals surface area (Å²) in [7, 11) is 0. The first kappa shape index (κ1) is 21.6. The van der Waals surface area contributed by atoms with Gasteiger partial charge in [-0.1, -0.05) is 23.9 Å². The van der Waals surface area contributed by atoms with E-state index in [0.29, 0.717) is 29.8 Å². The number of phenols is 1. The van der Waals surface area contributed by atoms with Crippen molar-refractivity contribution in [1.29, 1.82) is 0 Å². The van der Waals surface area contributed by atoms with Gasteiger partial charge in [0.2, 0.25) is 0 Å². The van der Waals surface area contributed by atoms with Crippen LogP contribution in [0.5, 0.6) is 17.2 Å². The highest BCUT2D eigenvalue weighted by molar-refractivity contribution is 8.16. The Balaban J connectivity index is 1.40. The van der Waals surface area contributed by atoms with E-state index in [1.807, 2.05) is 45.0 Å².